The Morgan fingerprint density at radius 2 is 1.59 bits per heavy atom. The van der Waals surface area contributed by atoms with Gasteiger partial charge in [0.05, 0.1) is 6.26 Å². The third-order valence-electron chi connectivity index (χ3n) is 7.18. The molecule has 1 saturated heterocycles. The number of aromatic hydroxyl groups is 1. The lowest BCUT2D eigenvalue weighted by Crippen LogP contribution is -2.46. The van der Waals surface area contributed by atoms with E-state index in [1.54, 1.807) is 30.3 Å². The number of aromatic nitrogens is 1. The summed E-state index contributed by atoms with van der Waals surface area (Å²) < 4.78 is 44.4. The van der Waals surface area contributed by atoms with E-state index >= 15 is 0 Å². The zero-order valence-electron chi connectivity index (χ0n) is 24.1. The maximum atomic E-state index is 13.3. The second kappa shape index (κ2) is 13.8. The molecule has 1 amide bonds. The lowest BCUT2D eigenvalue weighted by atomic mass is 10.0. The molecule has 3 aromatic carbocycles. The Labute approximate surface area is 256 Å². The molecule has 10 nitrogen and oxygen atoms in total. The number of pyridine rings is 1. The average molecular weight is 620 g/mol. The molecule has 4 aromatic rings. The normalized spacial score (nSPS) is 15.0. The van der Waals surface area contributed by atoms with Gasteiger partial charge in [0, 0.05) is 30.2 Å². The molecule has 0 aliphatic carbocycles. The molecule has 1 atom stereocenters. The number of anilines is 2. The van der Waals surface area contributed by atoms with Crippen LogP contribution in [0.4, 0.5) is 15.8 Å². The fraction of sp³-hybridized carbons (Fsp3) is 0.250. The Kier molecular flexibility index (Phi) is 9.73. The maximum absolute atomic E-state index is 13.3. The van der Waals surface area contributed by atoms with Gasteiger partial charge in [0.2, 0.25) is 15.9 Å². The van der Waals surface area contributed by atoms with Crippen molar-refractivity contribution in [2.75, 3.05) is 29.4 Å². The number of carbonyl (C=O) groups is 1. The van der Waals surface area contributed by atoms with E-state index in [9.17, 15) is 22.7 Å². The highest BCUT2D eigenvalue weighted by Gasteiger charge is 2.29. The first-order chi connectivity index (χ1) is 21.1. The molecule has 1 fully saturated rings. The number of nitrogens with zero attached hydrogens (tertiary/aromatic N) is 2. The fourth-order valence-corrected chi connectivity index (χ4v) is 5.58. The number of sulfonamides is 1. The summed E-state index contributed by atoms with van der Waals surface area (Å²) in [5.41, 5.74) is 2.28. The lowest BCUT2D eigenvalue weighted by molar-refractivity contribution is -0.118. The molecule has 0 saturated carbocycles. The van der Waals surface area contributed by atoms with E-state index < -0.39 is 27.8 Å². The monoisotopic (exact) mass is 619 g/mol. The van der Waals surface area contributed by atoms with Gasteiger partial charge in [-0.25, -0.2) is 12.8 Å². The van der Waals surface area contributed by atoms with E-state index in [-0.39, 0.29) is 17.5 Å². The van der Waals surface area contributed by atoms with Crippen LogP contribution in [0.2, 0.25) is 0 Å². The van der Waals surface area contributed by atoms with Gasteiger partial charge in [-0.1, -0.05) is 12.1 Å². The SMILES string of the molecule is CS(=O)(=O)Nc1ccc(Oc2ccc(CN3CCC(NC(C(=O)Nc4ccc(F)cc4)c4ncccc4O)CC3)cc2)cc1. The molecule has 0 radical (unpaired) electrons. The lowest BCUT2D eigenvalue weighted by Gasteiger charge is -2.34. The van der Waals surface area contributed by atoms with E-state index in [1.165, 1.54) is 36.5 Å². The van der Waals surface area contributed by atoms with Crippen molar-refractivity contribution >= 4 is 27.3 Å². The molecule has 0 spiro atoms. The van der Waals surface area contributed by atoms with E-state index in [0.29, 0.717) is 22.9 Å². The summed E-state index contributed by atoms with van der Waals surface area (Å²) in [4.78, 5) is 19.9. The van der Waals surface area contributed by atoms with Crippen molar-refractivity contribution in [3.8, 4) is 17.2 Å². The topological polar surface area (TPSA) is 133 Å². The number of likely N-dealkylation sites (tertiary alicyclic amines) is 1. The first-order valence-corrected chi connectivity index (χ1v) is 16.0. The first-order valence-electron chi connectivity index (χ1n) is 14.1. The van der Waals surface area contributed by atoms with Crippen LogP contribution in [0.1, 0.15) is 30.1 Å². The summed E-state index contributed by atoms with van der Waals surface area (Å²) in [6, 6.07) is 22.2. The average Bonchev–Trinajstić information content (AvgIpc) is 2.99. The molecule has 1 unspecified atom stereocenters. The molecule has 5 rings (SSSR count). The highest BCUT2D eigenvalue weighted by Crippen LogP contribution is 2.27. The van der Waals surface area contributed by atoms with Crippen molar-refractivity contribution < 1.29 is 27.4 Å². The molecule has 1 aromatic heterocycles. The van der Waals surface area contributed by atoms with Gasteiger partial charge in [-0.15, -0.1) is 0 Å². The highest BCUT2D eigenvalue weighted by molar-refractivity contribution is 7.92. The molecule has 44 heavy (non-hydrogen) atoms. The van der Waals surface area contributed by atoms with Crippen LogP contribution >= 0.6 is 0 Å². The van der Waals surface area contributed by atoms with Crippen molar-refractivity contribution in [3.63, 3.8) is 0 Å². The van der Waals surface area contributed by atoms with Crippen LogP contribution in [0, 0.1) is 5.82 Å². The van der Waals surface area contributed by atoms with Crippen molar-refractivity contribution in [2.24, 2.45) is 0 Å². The predicted molar refractivity (Wildman–Crippen MR) is 167 cm³/mol. The molecule has 0 bridgehead atoms. The number of ether oxygens (including phenoxy) is 1. The van der Waals surface area contributed by atoms with E-state index in [4.69, 9.17) is 4.74 Å². The Morgan fingerprint density at radius 1 is 0.977 bits per heavy atom. The Hall–Kier alpha value is -4.52. The molecule has 1 aliphatic heterocycles. The molecule has 2 heterocycles. The quantitative estimate of drug-likeness (QED) is 0.184. The maximum Gasteiger partial charge on any atom is 0.247 e. The fourth-order valence-electron chi connectivity index (χ4n) is 5.01. The molecule has 230 valence electrons. The van der Waals surface area contributed by atoms with Crippen LogP contribution < -0.4 is 20.1 Å². The molecule has 12 heteroatoms. The Balaban J connectivity index is 1.14. The van der Waals surface area contributed by atoms with Crippen LogP contribution in [0.25, 0.3) is 0 Å². The largest absolute Gasteiger partial charge is 0.506 e. The zero-order valence-corrected chi connectivity index (χ0v) is 24.9. The number of hydrogen-bond acceptors (Lipinski definition) is 8. The van der Waals surface area contributed by atoms with Crippen molar-refractivity contribution in [1.29, 1.82) is 0 Å². The van der Waals surface area contributed by atoms with Crippen LogP contribution in [-0.4, -0.2) is 54.7 Å². The smallest absolute Gasteiger partial charge is 0.247 e. The first kappa shape index (κ1) is 30.9. The second-order valence-corrected chi connectivity index (χ2v) is 12.4. The molecule has 4 N–H and O–H groups in total. The van der Waals surface area contributed by atoms with Gasteiger partial charge in [-0.2, -0.15) is 0 Å². The van der Waals surface area contributed by atoms with Gasteiger partial charge in [0.1, 0.15) is 34.8 Å². The second-order valence-electron chi connectivity index (χ2n) is 10.7. The van der Waals surface area contributed by atoms with E-state index in [2.05, 4.69) is 25.2 Å². The number of rotatable bonds is 11. The van der Waals surface area contributed by atoms with Crippen LogP contribution in [0.5, 0.6) is 17.2 Å². The number of hydrogen-bond donors (Lipinski definition) is 4. The third-order valence-corrected chi connectivity index (χ3v) is 7.78. The van der Waals surface area contributed by atoms with E-state index in [0.717, 1.165) is 44.3 Å². The van der Waals surface area contributed by atoms with Crippen LogP contribution in [0.15, 0.2) is 91.1 Å². The number of nitrogens with one attached hydrogen (secondary N) is 3. The number of piperidine rings is 1. The molecular formula is C32H34FN5O5S. The number of benzene rings is 3. The summed E-state index contributed by atoms with van der Waals surface area (Å²) in [6.07, 6.45) is 4.21. The van der Waals surface area contributed by atoms with Gasteiger partial charge in [0.15, 0.2) is 0 Å². The standard InChI is InChI=1S/C32H34FN5O5S/c1-44(41,42)37-26-10-14-28(15-11-26)43-27-12-4-22(5-13-27)21-38-19-16-25(17-20-38)35-31(30-29(39)3-2-18-34-30)32(40)36-24-8-6-23(33)7-9-24/h2-15,18,25,31,35,37,39H,16-17,19-21H2,1H3,(H,36,40). The Morgan fingerprint density at radius 3 is 2.20 bits per heavy atom. The number of halogens is 1. The summed E-state index contributed by atoms with van der Waals surface area (Å²) >= 11 is 0. The predicted octanol–water partition coefficient (Wildman–Crippen LogP) is 5.02. The molecule has 1 aliphatic rings. The number of amides is 1. The van der Waals surface area contributed by atoms with Gasteiger partial charge in [-0.3, -0.25) is 24.7 Å². The van der Waals surface area contributed by atoms with Crippen LogP contribution in [-0.2, 0) is 21.4 Å². The summed E-state index contributed by atoms with van der Waals surface area (Å²) in [7, 11) is -3.34. The minimum absolute atomic E-state index is 0.0198. The minimum Gasteiger partial charge on any atom is -0.506 e. The van der Waals surface area contributed by atoms with Gasteiger partial charge >= 0.3 is 0 Å². The van der Waals surface area contributed by atoms with Crippen molar-refractivity contribution in [2.45, 2.75) is 31.5 Å². The Bertz CT molecular complexity index is 1660. The minimum atomic E-state index is -3.34. The van der Waals surface area contributed by atoms with Crippen molar-refractivity contribution in [3.05, 3.63) is 108 Å². The van der Waals surface area contributed by atoms with E-state index in [1.807, 2.05) is 24.3 Å². The third kappa shape index (κ3) is 8.75. The van der Waals surface area contributed by atoms with Gasteiger partial charge < -0.3 is 15.2 Å². The summed E-state index contributed by atoms with van der Waals surface area (Å²) in [6.45, 7) is 2.38. The zero-order chi connectivity index (χ0) is 31.1. The van der Waals surface area contributed by atoms with Crippen molar-refractivity contribution in [1.82, 2.24) is 15.2 Å². The highest BCUT2D eigenvalue weighted by atomic mass is 32.2. The van der Waals surface area contributed by atoms with Crippen LogP contribution in [0.3, 0.4) is 0 Å². The summed E-state index contributed by atoms with van der Waals surface area (Å²) in [5.74, 6) is 0.393. The van der Waals surface area contributed by atoms with Gasteiger partial charge in [0.25, 0.3) is 0 Å². The number of carbonyl (C=O) groups excluding carboxylic acids is 1. The molecular weight excluding hydrogens is 585 g/mol. The van der Waals surface area contributed by atoms with Gasteiger partial charge in [-0.05, 0) is 104 Å². The summed E-state index contributed by atoms with van der Waals surface area (Å²) in [5, 5.41) is 16.6.